The van der Waals surface area contributed by atoms with Gasteiger partial charge in [-0.25, -0.2) is 4.98 Å². The molecule has 15 heavy (non-hydrogen) atoms. The Bertz CT molecular complexity index is 554. The predicted molar refractivity (Wildman–Crippen MR) is 63.4 cm³/mol. The molecule has 0 fully saturated rings. The van der Waals surface area contributed by atoms with E-state index in [1.807, 2.05) is 30.3 Å². The molecule has 0 radical (unpaired) electrons. The molecule has 0 saturated heterocycles. The van der Waals surface area contributed by atoms with Crippen molar-refractivity contribution in [3.05, 3.63) is 40.6 Å². The van der Waals surface area contributed by atoms with Crippen LogP contribution >= 0.6 is 15.9 Å². The van der Waals surface area contributed by atoms with Crippen molar-refractivity contribution in [2.75, 3.05) is 6.61 Å². The van der Waals surface area contributed by atoms with Gasteiger partial charge in [-0.05, 0) is 33.3 Å². The number of halogens is 1. The van der Waals surface area contributed by atoms with Gasteiger partial charge in [0.25, 0.3) is 0 Å². The van der Waals surface area contributed by atoms with Crippen LogP contribution in [0.2, 0.25) is 0 Å². The molecule has 3 heteroatoms. The number of nitrogens with zero attached hydrogens (tertiary/aromatic N) is 1. The van der Waals surface area contributed by atoms with Crippen LogP contribution in [0.1, 0.15) is 5.69 Å². The third-order valence-corrected chi connectivity index (χ3v) is 2.40. The Morgan fingerprint density at radius 1 is 1.33 bits per heavy atom. The first-order valence-electron chi connectivity index (χ1n) is 4.46. The Morgan fingerprint density at radius 3 is 2.93 bits per heavy atom. The highest BCUT2D eigenvalue weighted by molar-refractivity contribution is 9.10. The topological polar surface area (TPSA) is 33.1 Å². The second kappa shape index (κ2) is 4.43. The number of pyridine rings is 1. The summed E-state index contributed by atoms with van der Waals surface area (Å²) in [4.78, 5) is 4.27. The number of rotatable bonds is 0. The highest BCUT2D eigenvalue weighted by Gasteiger charge is 2.01. The summed E-state index contributed by atoms with van der Waals surface area (Å²) in [5, 5.41) is 10.7. The highest BCUT2D eigenvalue weighted by atomic mass is 79.9. The second-order valence-corrected chi connectivity index (χ2v) is 3.79. The lowest BCUT2D eigenvalue weighted by atomic mass is 10.1. The zero-order valence-corrected chi connectivity index (χ0v) is 9.45. The van der Waals surface area contributed by atoms with Crippen molar-refractivity contribution >= 4 is 26.7 Å². The standard InChI is InChI=1S/C12H8BrNO/c13-12-8-9-4-1-2-5-10(9)11(14-12)6-3-7-15/h1-2,4-5,8,15H,7H2. The maximum atomic E-state index is 8.66. The van der Waals surface area contributed by atoms with E-state index in [1.54, 1.807) is 0 Å². The third kappa shape index (κ3) is 2.17. The molecule has 2 aromatic rings. The van der Waals surface area contributed by atoms with Crippen LogP contribution in [-0.2, 0) is 0 Å². The summed E-state index contributed by atoms with van der Waals surface area (Å²) >= 11 is 3.33. The maximum Gasteiger partial charge on any atom is 0.122 e. The van der Waals surface area contributed by atoms with E-state index in [-0.39, 0.29) is 6.61 Å². The molecule has 0 atom stereocenters. The van der Waals surface area contributed by atoms with E-state index in [0.717, 1.165) is 15.4 Å². The molecule has 0 unspecified atom stereocenters. The van der Waals surface area contributed by atoms with E-state index in [1.165, 1.54) is 0 Å². The molecule has 0 saturated carbocycles. The number of fused-ring (bicyclic) bond motifs is 1. The molecular weight excluding hydrogens is 254 g/mol. The molecule has 2 nitrogen and oxygen atoms in total. The lowest BCUT2D eigenvalue weighted by Crippen LogP contribution is -1.87. The Kier molecular flexibility index (Phi) is 3.00. The van der Waals surface area contributed by atoms with E-state index >= 15 is 0 Å². The van der Waals surface area contributed by atoms with Gasteiger partial charge in [-0.1, -0.05) is 30.2 Å². The molecule has 1 heterocycles. The summed E-state index contributed by atoms with van der Waals surface area (Å²) in [6.45, 7) is -0.150. The molecule has 0 aliphatic carbocycles. The molecule has 74 valence electrons. The predicted octanol–water partition coefficient (Wildman–Crippen LogP) is 2.34. The van der Waals surface area contributed by atoms with Crippen LogP contribution in [0.25, 0.3) is 10.8 Å². The Labute approximate surface area is 96.1 Å². The van der Waals surface area contributed by atoms with E-state index < -0.39 is 0 Å². The van der Waals surface area contributed by atoms with Gasteiger partial charge in [-0.3, -0.25) is 0 Å². The molecule has 0 spiro atoms. The van der Waals surface area contributed by atoms with Crippen LogP contribution in [0.15, 0.2) is 34.9 Å². The Morgan fingerprint density at radius 2 is 2.13 bits per heavy atom. The molecule has 0 aliphatic rings. The van der Waals surface area contributed by atoms with Crippen LogP contribution in [0.3, 0.4) is 0 Å². The van der Waals surface area contributed by atoms with Crippen LogP contribution < -0.4 is 0 Å². The second-order valence-electron chi connectivity index (χ2n) is 2.97. The molecule has 1 aromatic carbocycles. The van der Waals surface area contributed by atoms with Gasteiger partial charge >= 0.3 is 0 Å². The number of aliphatic hydroxyl groups is 1. The number of hydrogen-bond donors (Lipinski definition) is 1. The fraction of sp³-hybridized carbons (Fsp3) is 0.0833. The molecule has 1 aromatic heterocycles. The average Bonchev–Trinajstić information content (AvgIpc) is 2.25. The van der Waals surface area contributed by atoms with Gasteiger partial charge in [-0.2, -0.15) is 0 Å². The minimum absolute atomic E-state index is 0.150. The lowest BCUT2D eigenvalue weighted by molar-refractivity contribution is 0.350. The largest absolute Gasteiger partial charge is 0.384 e. The van der Waals surface area contributed by atoms with Crippen LogP contribution in [0, 0.1) is 11.8 Å². The van der Waals surface area contributed by atoms with Crippen molar-refractivity contribution in [3.8, 4) is 11.8 Å². The van der Waals surface area contributed by atoms with Gasteiger partial charge in [0.15, 0.2) is 0 Å². The van der Waals surface area contributed by atoms with E-state index in [2.05, 4.69) is 32.8 Å². The zero-order valence-electron chi connectivity index (χ0n) is 7.87. The summed E-state index contributed by atoms with van der Waals surface area (Å²) < 4.78 is 0.753. The van der Waals surface area contributed by atoms with E-state index in [9.17, 15) is 0 Å². The summed E-state index contributed by atoms with van der Waals surface area (Å²) in [6, 6.07) is 9.83. The Hall–Kier alpha value is -1.37. The first-order chi connectivity index (χ1) is 7.31. The van der Waals surface area contributed by atoms with Crippen LogP contribution in [-0.4, -0.2) is 16.7 Å². The minimum atomic E-state index is -0.150. The van der Waals surface area contributed by atoms with Crippen LogP contribution in [0.4, 0.5) is 0 Å². The summed E-state index contributed by atoms with van der Waals surface area (Å²) in [5.41, 5.74) is 0.689. The molecule has 0 bridgehead atoms. The van der Waals surface area contributed by atoms with Gasteiger partial charge in [-0.15, -0.1) is 0 Å². The molecule has 1 N–H and O–H groups in total. The maximum absolute atomic E-state index is 8.66. The first kappa shape index (κ1) is 10.2. The SMILES string of the molecule is OCC#Cc1nc(Br)cc2ccccc12. The number of aliphatic hydroxyl groups excluding tert-OH is 1. The van der Waals surface area contributed by atoms with Crippen LogP contribution in [0.5, 0.6) is 0 Å². The van der Waals surface area contributed by atoms with Crippen molar-refractivity contribution in [1.29, 1.82) is 0 Å². The molecule has 2 rings (SSSR count). The van der Waals surface area contributed by atoms with Gasteiger partial charge in [0.2, 0.25) is 0 Å². The summed E-state index contributed by atoms with van der Waals surface area (Å²) in [5.74, 6) is 5.44. The first-order valence-corrected chi connectivity index (χ1v) is 5.25. The fourth-order valence-corrected chi connectivity index (χ4v) is 1.81. The van der Waals surface area contributed by atoms with Gasteiger partial charge in [0, 0.05) is 5.39 Å². The van der Waals surface area contributed by atoms with Gasteiger partial charge in [0.1, 0.15) is 16.9 Å². The highest BCUT2D eigenvalue weighted by Crippen LogP contribution is 2.20. The summed E-state index contributed by atoms with van der Waals surface area (Å²) in [7, 11) is 0. The third-order valence-electron chi connectivity index (χ3n) is 1.99. The van der Waals surface area contributed by atoms with E-state index in [0.29, 0.717) is 5.69 Å². The van der Waals surface area contributed by atoms with Crippen molar-refractivity contribution in [2.45, 2.75) is 0 Å². The lowest BCUT2D eigenvalue weighted by Gasteiger charge is -2.00. The average molecular weight is 262 g/mol. The van der Waals surface area contributed by atoms with Crippen molar-refractivity contribution in [1.82, 2.24) is 4.98 Å². The molecule has 0 amide bonds. The van der Waals surface area contributed by atoms with Crippen molar-refractivity contribution < 1.29 is 5.11 Å². The van der Waals surface area contributed by atoms with Gasteiger partial charge < -0.3 is 5.11 Å². The quantitative estimate of drug-likeness (QED) is 0.584. The monoisotopic (exact) mass is 261 g/mol. The number of aromatic nitrogens is 1. The van der Waals surface area contributed by atoms with Gasteiger partial charge in [0.05, 0.1) is 0 Å². The normalized spacial score (nSPS) is 9.73. The zero-order chi connectivity index (χ0) is 10.7. The van der Waals surface area contributed by atoms with E-state index in [4.69, 9.17) is 5.11 Å². The molecule has 0 aliphatic heterocycles. The fourth-order valence-electron chi connectivity index (χ4n) is 1.38. The molecular formula is C12H8BrNO. The minimum Gasteiger partial charge on any atom is -0.384 e. The number of benzene rings is 1. The van der Waals surface area contributed by atoms with Crippen molar-refractivity contribution in [2.24, 2.45) is 0 Å². The smallest absolute Gasteiger partial charge is 0.122 e. The van der Waals surface area contributed by atoms with Crippen molar-refractivity contribution in [3.63, 3.8) is 0 Å². The number of hydrogen-bond acceptors (Lipinski definition) is 2. The summed E-state index contributed by atoms with van der Waals surface area (Å²) in [6.07, 6.45) is 0. The Balaban J connectivity index is 2.71.